The number of nitrogens with zero attached hydrogens (tertiary/aromatic N) is 3. The number of carbonyl (C=O) groups excluding carboxylic acids is 1. The van der Waals surface area contributed by atoms with Crippen molar-refractivity contribution >= 4 is 5.91 Å². The van der Waals surface area contributed by atoms with Gasteiger partial charge in [-0.25, -0.2) is 9.97 Å². The minimum Gasteiger partial charge on any atom is -0.447 e. The highest BCUT2D eigenvalue weighted by atomic mass is 16.3. The topological polar surface area (TPSA) is 73.0 Å². The Morgan fingerprint density at radius 1 is 1.52 bits per heavy atom. The summed E-state index contributed by atoms with van der Waals surface area (Å²) in [6.45, 7) is 6.72. The van der Waals surface area contributed by atoms with Crippen molar-refractivity contribution in [2.45, 2.75) is 52.1 Å². The quantitative estimate of drug-likeness (QED) is 0.938. The van der Waals surface area contributed by atoms with Crippen molar-refractivity contribution in [3.8, 4) is 0 Å². The van der Waals surface area contributed by atoms with Crippen LogP contribution in [0.15, 0.2) is 17.0 Å². The maximum atomic E-state index is 12.4. The second kappa shape index (κ2) is 5.35. The van der Waals surface area contributed by atoms with E-state index in [-0.39, 0.29) is 17.9 Å². The molecule has 112 valence electrons. The van der Waals surface area contributed by atoms with Gasteiger partial charge < -0.3 is 14.3 Å². The van der Waals surface area contributed by atoms with Crippen LogP contribution in [0, 0.1) is 6.92 Å². The summed E-state index contributed by atoms with van der Waals surface area (Å²) in [6, 6.07) is 0.107. The van der Waals surface area contributed by atoms with Gasteiger partial charge in [0.25, 0.3) is 5.91 Å². The first kappa shape index (κ1) is 13.9. The summed E-state index contributed by atoms with van der Waals surface area (Å²) in [5.74, 6) is 1.73. The number of rotatable bonds is 3. The number of hydrogen-bond donors (Lipinski definition) is 1. The number of fused-ring (bicyclic) bond motifs is 1. The highest BCUT2D eigenvalue weighted by Gasteiger charge is 2.25. The van der Waals surface area contributed by atoms with Crippen LogP contribution >= 0.6 is 0 Å². The van der Waals surface area contributed by atoms with Gasteiger partial charge in [0.15, 0.2) is 12.1 Å². The van der Waals surface area contributed by atoms with Gasteiger partial charge in [-0.2, -0.15) is 0 Å². The van der Waals surface area contributed by atoms with Gasteiger partial charge in [-0.15, -0.1) is 0 Å². The Morgan fingerprint density at radius 3 is 3.10 bits per heavy atom. The lowest BCUT2D eigenvalue weighted by Crippen LogP contribution is -2.41. The Kier molecular flexibility index (Phi) is 3.53. The molecule has 1 N–H and O–H groups in total. The Hall–Kier alpha value is -2.11. The van der Waals surface area contributed by atoms with E-state index in [0.717, 1.165) is 30.9 Å². The number of imidazole rings is 1. The van der Waals surface area contributed by atoms with E-state index >= 15 is 0 Å². The smallest absolute Gasteiger partial charge is 0.273 e. The summed E-state index contributed by atoms with van der Waals surface area (Å²) in [7, 11) is 0. The molecule has 0 saturated carbocycles. The van der Waals surface area contributed by atoms with Gasteiger partial charge in [0.1, 0.15) is 11.6 Å². The monoisotopic (exact) mass is 288 g/mol. The predicted molar refractivity (Wildman–Crippen MR) is 77.1 cm³/mol. The first-order valence-corrected chi connectivity index (χ1v) is 7.31. The van der Waals surface area contributed by atoms with E-state index in [0.29, 0.717) is 11.5 Å². The molecule has 0 radical (unpaired) electrons. The molecule has 0 bridgehead atoms. The van der Waals surface area contributed by atoms with Gasteiger partial charge in [0.05, 0.1) is 5.69 Å². The number of oxazole rings is 1. The average Bonchev–Trinajstić information content (AvgIpc) is 3.03. The third-order valence-corrected chi connectivity index (χ3v) is 3.78. The largest absolute Gasteiger partial charge is 0.447 e. The highest BCUT2D eigenvalue weighted by Crippen LogP contribution is 2.19. The predicted octanol–water partition coefficient (Wildman–Crippen LogP) is 2.05. The lowest BCUT2D eigenvalue weighted by Gasteiger charge is -2.24. The van der Waals surface area contributed by atoms with Crippen LogP contribution in [-0.4, -0.2) is 26.5 Å². The zero-order valence-corrected chi connectivity index (χ0v) is 12.6. The van der Waals surface area contributed by atoms with E-state index in [9.17, 15) is 4.79 Å². The van der Waals surface area contributed by atoms with E-state index in [1.807, 2.05) is 27.0 Å². The third-order valence-electron chi connectivity index (χ3n) is 3.78. The summed E-state index contributed by atoms with van der Waals surface area (Å²) in [4.78, 5) is 20.9. The average molecular weight is 288 g/mol. The van der Waals surface area contributed by atoms with Gasteiger partial charge in [-0.05, 0) is 13.3 Å². The number of aromatic nitrogens is 3. The molecule has 3 heterocycles. The van der Waals surface area contributed by atoms with E-state index in [4.69, 9.17) is 4.42 Å². The lowest BCUT2D eigenvalue weighted by molar-refractivity contribution is 0.0920. The van der Waals surface area contributed by atoms with E-state index in [2.05, 4.69) is 19.9 Å². The summed E-state index contributed by atoms with van der Waals surface area (Å²) < 4.78 is 7.43. The van der Waals surface area contributed by atoms with Crippen molar-refractivity contribution in [3.63, 3.8) is 0 Å². The van der Waals surface area contributed by atoms with Crippen molar-refractivity contribution in [1.82, 2.24) is 19.9 Å². The van der Waals surface area contributed by atoms with Crippen LogP contribution in [-0.2, 0) is 13.0 Å². The molecular weight excluding hydrogens is 268 g/mol. The molecule has 0 fully saturated rings. The SMILES string of the molecule is Cc1cn2c(n1)CC[C@@H](NC(=O)c1ncoc1C(C)C)C2. The molecule has 21 heavy (non-hydrogen) atoms. The molecule has 2 aromatic rings. The molecule has 1 amide bonds. The van der Waals surface area contributed by atoms with Crippen LogP contribution in [0.25, 0.3) is 0 Å². The van der Waals surface area contributed by atoms with Crippen LogP contribution in [0.5, 0.6) is 0 Å². The van der Waals surface area contributed by atoms with Gasteiger partial charge >= 0.3 is 0 Å². The van der Waals surface area contributed by atoms with Crippen LogP contribution in [0.1, 0.15) is 54.0 Å². The molecule has 0 aliphatic carbocycles. The van der Waals surface area contributed by atoms with Gasteiger partial charge in [-0.1, -0.05) is 13.8 Å². The van der Waals surface area contributed by atoms with Crippen molar-refractivity contribution in [3.05, 3.63) is 35.6 Å². The molecule has 6 heteroatoms. The molecule has 3 rings (SSSR count). The van der Waals surface area contributed by atoms with E-state index < -0.39 is 0 Å². The molecule has 1 atom stereocenters. The van der Waals surface area contributed by atoms with Crippen LogP contribution in [0.2, 0.25) is 0 Å². The van der Waals surface area contributed by atoms with E-state index in [1.165, 1.54) is 6.39 Å². The zero-order valence-electron chi connectivity index (χ0n) is 12.6. The zero-order chi connectivity index (χ0) is 15.0. The van der Waals surface area contributed by atoms with E-state index in [1.54, 1.807) is 0 Å². The minimum absolute atomic E-state index is 0.107. The maximum Gasteiger partial charge on any atom is 0.273 e. The molecular formula is C15H20N4O2. The minimum atomic E-state index is -0.155. The van der Waals surface area contributed by atoms with Crippen molar-refractivity contribution in [2.24, 2.45) is 0 Å². The standard InChI is InChI=1S/C15H20N4O2/c1-9(2)14-13(16-8-21-14)15(20)18-11-4-5-12-17-10(3)6-19(12)7-11/h6,8-9,11H,4-5,7H2,1-3H3,(H,18,20)/t11-/m1/s1. The molecule has 0 spiro atoms. The van der Waals surface area contributed by atoms with Crippen molar-refractivity contribution in [1.29, 1.82) is 0 Å². The van der Waals surface area contributed by atoms with Gasteiger partial charge in [0, 0.05) is 31.1 Å². The Morgan fingerprint density at radius 2 is 2.33 bits per heavy atom. The third kappa shape index (κ3) is 2.70. The number of aryl methyl sites for hydroxylation is 2. The van der Waals surface area contributed by atoms with Crippen LogP contribution < -0.4 is 5.32 Å². The second-order valence-electron chi connectivity index (χ2n) is 5.88. The molecule has 2 aromatic heterocycles. The Balaban J connectivity index is 1.70. The maximum absolute atomic E-state index is 12.4. The molecule has 6 nitrogen and oxygen atoms in total. The Bertz CT molecular complexity index is 656. The number of amides is 1. The molecule has 1 aliphatic heterocycles. The molecule has 0 aromatic carbocycles. The second-order valence-corrected chi connectivity index (χ2v) is 5.88. The Labute approximate surface area is 123 Å². The van der Waals surface area contributed by atoms with Gasteiger partial charge in [-0.3, -0.25) is 4.79 Å². The van der Waals surface area contributed by atoms with Crippen molar-refractivity contribution in [2.75, 3.05) is 0 Å². The summed E-state index contributed by atoms with van der Waals surface area (Å²) in [5, 5.41) is 3.06. The number of nitrogens with one attached hydrogen (secondary N) is 1. The van der Waals surface area contributed by atoms with Crippen LogP contribution in [0.3, 0.4) is 0 Å². The lowest BCUT2D eigenvalue weighted by atomic mass is 10.1. The fraction of sp³-hybridized carbons (Fsp3) is 0.533. The fourth-order valence-corrected chi connectivity index (χ4v) is 2.79. The normalized spacial score (nSPS) is 17.8. The van der Waals surface area contributed by atoms with Crippen molar-refractivity contribution < 1.29 is 9.21 Å². The number of carbonyl (C=O) groups is 1. The summed E-state index contributed by atoms with van der Waals surface area (Å²) in [5.41, 5.74) is 1.42. The molecule has 0 unspecified atom stereocenters. The molecule has 1 aliphatic rings. The first-order chi connectivity index (χ1) is 10.0. The summed E-state index contributed by atoms with van der Waals surface area (Å²) in [6.07, 6.45) is 5.15. The van der Waals surface area contributed by atoms with Gasteiger partial charge in [0.2, 0.25) is 0 Å². The highest BCUT2D eigenvalue weighted by molar-refractivity contribution is 5.93. The fourth-order valence-electron chi connectivity index (χ4n) is 2.79. The summed E-state index contributed by atoms with van der Waals surface area (Å²) >= 11 is 0. The van der Waals surface area contributed by atoms with Crippen LogP contribution in [0.4, 0.5) is 0 Å². The number of hydrogen-bond acceptors (Lipinski definition) is 4. The molecule has 0 saturated heterocycles. The first-order valence-electron chi connectivity index (χ1n) is 7.31.